The lowest BCUT2D eigenvalue weighted by molar-refractivity contribution is -0.145. The highest BCUT2D eigenvalue weighted by Gasteiger charge is 2.47. The Balaban J connectivity index is 1.97. The number of amides is 1. The third-order valence-electron chi connectivity index (χ3n) is 3.70. The van der Waals surface area contributed by atoms with E-state index in [0.29, 0.717) is 6.42 Å². The molecule has 0 spiro atoms. The van der Waals surface area contributed by atoms with Crippen molar-refractivity contribution in [1.82, 2.24) is 5.32 Å². The quantitative estimate of drug-likeness (QED) is 0.894. The van der Waals surface area contributed by atoms with Gasteiger partial charge in [-0.15, -0.1) is 0 Å². The Kier molecular flexibility index (Phi) is 5.12. The summed E-state index contributed by atoms with van der Waals surface area (Å²) in [4.78, 5) is 23.5. The zero-order valence-corrected chi connectivity index (χ0v) is 12.7. The molecule has 1 fully saturated rings. The van der Waals surface area contributed by atoms with Gasteiger partial charge in [-0.05, 0) is 24.2 Å². The smallest absolute Gasteiger partial charge is 0.408 e. The molecule has 21 heavy (non-hydrogen) atoms. The first kappa shape index (κ1) is 15.7. The van der Waals surface area contributed by atoms with Gasteiger partial charge < -0.3 is 15.2 Å². The number of rotatable bonds is 4. The van der Waals surface area contributed by atoms with Gasteiger partial charge in [-0.25, -0.2) is 9.59 Å². The summed E-state index contributed by atoms with van der Waals surface area (Å²) in [6.07, 6.45) is 0.507. The van der Waals surface area contributed by atoms with Gasteiger partial charge in [-0.3, -0.25) is 0 Å². The number of ether oxygens (including phenoxy) is 1. The first-order valence-electron chi connectivity index (χ1n) is 6.88. The predicted octanol–water partition coefficient (Wildman–Crippen LogP) is 2.65. The summed E-state index contributed by atoms with van der Waals surface area (Å²) in [6.45, 7) is 1.96. The van der Waals surface area contributed by atoms with Crippen LogP contribution in [0.5, 0.6) is 0 Å². The van der Waals surface area contributed by atoms with Gasteiger partial charge in [0.25, 0.3) is 0 Å². The van der Waals surface area contributed by atoms with E-state index in [2.05, 4.69) is 5.32 Å². The molecule has 1 saturated heterocycles. The number of carbonyl (C=O) groups excluding carboxylic acids is 1. The molecule has 0 radical (unpaired) electrons. The van der Waals surface area contributed by atoms with E-state index in [1.165, 1.54) is 0 Å². The number of alkyl carbamates (subject to hydrolysis) is 1. The maximum Gasteiger partial charge on any atom is 0.408 e. The van der Waals surface area contributed by atoms with E-state index in [4.69, 9.17) is 4.74 Å². The summed E-state index contributed by atoms with van der Waals surface area (Å²) in [7, 11) is 0. The second-order valence-corrected chi connectivity index (χ2v) is 6.53. The van der Waals surface area contributed by atoms with Gasteiger partial charge in [0.1, 0.15) is 6.61 Å². The lowest BCUT2D eigenvalue weighted by Gasteiger charge is -2.38. The number of aliphatic carboxylic acids is 1. The van der Waals surface area contributed by atoms with Crippen molar-refractivity contribution < 1.29 is 19.4 Å². The van der Waals surface area contributed by atoms with Crippen LogP contribution in [0.3, 0.4) is 0 Å². The normalized spacial score (nSPS) is 25.1. The van der Waals surface area contributed by atoms with Gasteiger partial charge in [0.2, 0.25) is 0 Å². The van der Waals surface area contributed by atoms with Gasteiger partial charge in [-0.1, -0.05) is 37.3 Å². The van der Waals surface area contributed by atoms with E-state index >= 15 is 0 Å². The monoisotopic (exact) mass is 309 g/mol. The topological polar surface area (TPSA) is 75.6 Å². The van der Waals surface area contributed by atoms with E-state index in [-0.39, 0.29) is 11.9 Å². The van der Waals surface area contributed by atoms with Crippen LogP contribution in [-0.2, 0) is 16.1 Å². The van der Waals surface area contributed by atoms with Gasteiger partial charge >= 0.3 is 12.1 Å². The van der Waals surface area contributed by atoms with Crippen molar-refractivity contribution in [2.45, 2.75) is 37.2 Å². The number of thioether (sulfide) groups is 1. The third-order valence-corrected chi connectivity index (χ3v) is 5.12. The number of carbonyl (C=O) groups is 2. The average molecular weight is 309 g/mol. The molecular formula is C15H19NO4S. The first-order chi connectivity index (χ1) is 10.0. The standard InChI is InChI=1S/C15H19NO4S/c1-11-15(13(17)18,8-5-9-21-11)16-14(19)20-10-12-6-3-2-4-7-12/h2-4,6-7,11H,5,8-10H2,1H3,(H,16,19)(H,17,18). The largest absolute Gasteiger partial charge is 0.479 e. The van der Waals surface area contributed by atoms with Crippen LogP contribution in [0.25, 0.3) is 0 Å². The van der Waals surface area contributed by atoms with Crippen molar-refractivity contribution >= 4 is 23.8 Å². The molecule has 1 aromatic carbocycles. The minimum Gasteiger partial charge on any atom is -0.479 e. The Morgan fingerprint density at radius 3 is 2.76 bits per heavy atom. The second kappa shape index (κ2) is 6.85. The van der Waals surface area contributed by atoms with Gasteiger partial charge in [0.15, 0.2) is 5.54 Å². The van der Waals surface area contributed by atoms with Crippen LogP contribution in [0.1, 0.15) is 25.3 Å². The molecule has 2 unspecified atom stereocenters. The van der Waals surface area contributed by atoms with Gasteiger partial charge in [0.05, 0.1) is 0 Å². The van der Waals surface area contributed by atoms with Crippen LogP contribution in [0.2, 0.25) is 0 Å². The molecule has 2 atom stereocenters. The Hall–Kier alpha value is -1.69. The zero-order valence-electron chi connectivity index (χ0n) is 11.9. The molecular weight excluding hydrogens is 290 g/mol. The fourth-order valence-corrected chi connectivity index (χ4v) is 3.62. The average Bonchev–Trinajstić information content (AvgIpc) is 2.48. The molecule has 1 amide bonds. The lowest BCUT2D eigenvalue weighted by Crippen LogP contribution is -2.61. The minimum absolute atomic E-state index is 0.129. The van der Waals surface area contributed by atoms with E-state index in [1.807, 2.05) is 37.3 Å². The Morgan fingerprint density at radius 2 is 2.14 bits per heavy atom. The Morgan fingerprint density at radius 1 is 1.43 bits per heavy atom. The Bertz CT molecular complexity index is 508. The minimum atomic E-state index is -1.24. The fraction of sp³-hybridized carbons (Fsp3) is 0.467. The number of hydrogen-bond donors (Lipinski definition) is 2. The molecule has 0 saturated carbocycles. The van der Waals surface area contributed by atoms with E-state index < -0.39 is 17.6 Å². The van der Waals surface area contributed by atoms with Gasteiger partial charge in [0, 0.05) is 5.25 Å². The molecule has 1 aliphatic rings. The molecule has 2 N–H and O–H groups in total. The summed E-state index contributed by atoms with van der Waals surface area (Å²) in [6, 6.07) is 9.28. The van der Waals surface area contributed by atoms with Crippen LogP contribution in [0, 0.1) is 0 Å². The number of nitrogens with one attached hydrogen (secondary N) is 1. The first-order valence-corrected chi connectivity index (χ1v) is 7.93. The summed E-state index contributed by atoms with van der Waals surface area (Å²) in [5, 5.41) is 11.9. The number of hydrogen-bond acceptors (Lipinski definition) is 4. The van der Waals surface area contributed by atoms with E-state index in [0.717, 1.165) is 17.7 Å². The van der Waals surface area contributed by atoms with Crippen LogP contribution in [-0.4, -0.2) is 33.7 Å². The van der Waals surface area contributed by atoms with Crippen LogP contribution < -0.4 is 5.32 Å². The highest BCUT2D eigenvalue weighted by Crippen LogP contribution is 2.34. The van der Waals surface area contributed by atoms with Crippen molar-refractivity contribution in [2.75, 3.05) is 5.75 Å². The van der Waals surface area contributed by atoms with Crippen molar-refractivity contribution in [3.63, 3.8) is 0 Å². The second-order valence-electron chi connectivity index (χ2n) is 5.08. The number of benzene rings is 1. The van der Waals surface area contributed by atoms with Crippen molar-refractivity contribution in [1.29, 1.82) is 0 Å². The van der Waals surface area contributed by atoms with Crippen LogP contribution in [0.4, 0.5) is 4.79 Å². The molecule has 0 bridgehead atoms. The summed E-state index contributed by atoms with van der Waals surface area (Å²) in [5.74, 6) is -0.0874. The maximum absolute atomic E-state index is 11.9. The van der Waals surface area contributed by atoms with Crippen molar-refractivity contribution in [2.24, 2.45) is 0 Å². The molecule has 1 aliphatic heterocycles. The molecule has 6 heteroatoms. The Labute approximate surface area is 128 Å². The highest BCUT2D eigenvalue weighted by molar-refractivity contribution is 8.00. The van der Waals surface area contributed by atoms with Crippen LogP contribution >= 0.6 is 11.8 Å². The van der Waals surface area contributed by atoms with Crippen molar-refractivity contribution in [3.8, 4) is 0 Å². The maximum atomic E-state index is 11.9. The SMILES string of the molecule is CC1SCCCC1(NC(=O)OCc1ccccc1)C(=O)O. The summed E-state index contributed by atoms with van der Waals surface area (Å²) >= 11 is 1.56. The number of carboxylic acids is 1. The lowest BCUT2D eigenvalue weighted by atomic mass is 9.90. The van der Waals surface area contributed by atoms with E-state index in [1.54, 1.807) is 11.8 Å². The molecule has 0 aromatic heterocycles. The molecule has 2 rings (SSSR count). The van der Waals surface area contributed by atoms with Crippen LogP contribution in [0.15, 0.2) is 30.3 Å². The van der Waals surface area contributed by atoms with Gasteiger partial charge in [-0.2, -0.15) is 11.8 Å². The predicted molar refractivity (Wildman–Crippen MR) is 81.3 cm³/mol. The number of carboxylic acid groups (broad SMARTS) is 1. The fourth-order valence-electron chi connectivity index (χ4n) is 2.40. The van der Waals surface area contributed by atoms with E-state index in [9.17, 15) is 14.7 Å². The molecule has 1 heterocycles. The third kappa shape index (κ3) is 3.69. The highest BCUT2D eigenvalue weighted by atomic mass is 32.2. The molecule has 1 aromatic rings. The zero-order chi connectivity index (χ0) is 15.3. The summed E-state index contributed by atoms with van der Waals surface area (Å²) in [5.41, 5.74) is -0.375. The van der Waals surface area contributed by atoms with Crippen molar-refractivity contribution in [3.05, 3.63) is 35.9 Å². The molecule has 5 nitrogen and oxygen atoms in total. The molecule has 0 aliphatic carbocycles. The summed E-state index contributed by atoms with van der Waals surface area (Å²) < 4.78 is 5.13. The molecule has 114 valence electrons.